The topological polar surface area (TPSA) is 50.1 Å². The molecule has 0 fully saturated rings. The first kappa shape index (κ1) is 17.3. The van der Waals surface area contributed by atoms with Crippen LogP contribution in [0.4, 0.5) is 17.6 Å². The van der Waals surface area contributed by atoms with Gasteiger partial charge in [-0.05, 0) is 42.4 Å². The molecule has 0 unspecified atom stereocenters. The Kier molecular flexibility index (Phi) is 4.43. The van der Waals surface area contributed by atoms with Crippen LogP contribution in [0.3, 0.4) is 0 Å². The molecule has 0 heterocycles. The van der Waals surface area contributed by atoms with E-state index in [0.717, 1.165) is 12.1 Å². The molecule has 3 rings (SSSR count). The van der Waals surface area contributed by atoms with Crippen LogP contribution in [0.25, 0.3) is 0 Å². The average Bonchev–Trinajstić information content (AvgIpc) is 2.90. The normalized spacial score (nSPS) is 13.5. The second-order valence-corrected chi connectivity index (χ2v) is 6.38. The van der Waals surface area contributed by atoms with Gasteiger partial charge in [0.15, 0.2) is 5.78 Å². The second kappa shape index (κ2) is 6.41. The van der Waals surface area contributed by atoms with Crippen LogP contribution in [-0.2, 0) is 6.42 Å². The van der Waals surface area contributed by atoms with Gasteiger partial charge in [0, 0.05) is 28.5 Å². The number of alkyl halides is 3. The number of hydrogen-bond acceptors (Lipinski definition) is 4. The Hall–Kier alpha value is -2.53. The first-order chi connectivity index (χ1) is 11.8. The fourth-order valence-electron chi connectivity index (χ4n) is 2.64. The minimum absolute atomic E-state index is 0.00302. The zero-order valence-electron chi connectivity index (χ0n) is 12.5. The summed E-state index contributed by atoms with van der Waals surface area (Å²) in [6.07, 6.45) is 0.337. The van der Waals surface area contributed by atoms with Crippen LogP contribution < -0.4 is 4.74 Å². The number of fused-ring (bicyclic) bond motifs is 1. The van der Waals surface area contributed by atoms with E-state index in [1.807, 2.05) is 0 Å². The molecular formula is C17H9F4NO2S. The standard InChI is InChI=1S/C17H9F4NO2S/c18-10-5-9(8-22)6-11(7-10)24-14-3-4-15(25-17(19,20)21)16-12(14)1-2-13(16)23/h3-7H,1-2H2. The molecule has 0 radical (unpaired) electrons. The number of hydrogen-bond donors (Lipinski definition) is 0. The molecule has 8 heteroatoms. The zero-order chi connectivity index (χ0) is 18.2. The van der Waals surface area contributed by atoms with Crippen molar-refractivity contribution in [3.8, 4) is 17.6 Å². The third-order valence-corrected chi connectivity index (χ3v) is 4.36. The maximum Gasteiger partial charge on any atom is 0.446 e. The van der Waals surface area contributed by atoms with Gasteiger partial charge >= 0.3 is 5.51 Å². The van der Waals surface area contributed by atoms with Gasteiger partial charge in [0.2, 0.25) is 0 Å². The highest BCUT2D eigenvalue weighted by atomic mass is 32.2. The van der Waals surface area contributed by atoms with Crippen LogP contribution in [0, 0.1) is 17.1 Å². The summed E-state index contributed by atoms with van der Waals surface area (Å²) in [4.78, 5) is 11.8. The maximum absolute atomic E-state index is 13.5. The van der Waals surface area contributed by atoms with Crippen LogP contribution >= 0.6 is 11.8 Å². The molecule has 0 N–H and O–H groups in total. The number of ether oxygens (including phenoxy) is 1. The van der Waals surface area contributed by atoms with Gasteiger partial charge in [-0.1, -0.05) is 0 Å². The van der Waals surface area contributed by atoms with Crippen LogP contribution in [0.1, 0.15) is 27.9 Å². The number of Topliss-reactive ketones (excluding diaryl/α,β-unsaturated/α-hetero) is 1. The van der Waals surface area contributed by atoms with Crippen molar-refractivity contribution in [2.24, 2.45) is 0 Å². The molecule has 0 saturated heterocycles. The minimum atomic E-state index is -4.51. The second-order valence-electron chi connectivity index (χ2n) is 5.28. The van der Waals surface area contributed by atoms with E-state index in [4.69, 9.17) is 10.00 Å². The molecule has 1 aliphatic rings. The van der Waals surface area contributed by atoms with Gasteiger partial charge in [0.25, 0.3) is 0 Å². The summed E-state index contributed by atoms with van der Waals surface area (Å²) in [5.41, 5.74) is -4.10. The molecule has 2 aromatic rings. The number of carbonyl (C=O) groups is 1. The number of ketones is 1. The van der Waals surface area contributed by atoms with Crippen molar-refractivity contribution in [3.63, 3.8) is 0 Å². The van der Waals surface area contributed by atoms with Gasteiger partial charge in [-0.2, -0.15) is 18.4 Å². The maximum atomic E-state index is 13.5. The third kappa shape index (κ3) is 3.77. The molecule has 0 bridgehead atoms. The Labute approximate surface area is 144 Å². The van der Waals surface area contributed by atoms with Crippen molar-refractivity contribution in [1.29, 1.82) is 5.26 Å². The van der Waals surface area contributed by atoms with E-state index in [9.17, 15) is 22.4 Å². The first-order valence-corrected chi connectivity index (χ1v) is 7.92. The summed E-state index contributed by atoms with van der Waals surface area (Å²) < 4.78 is 57.0. The van der Waals surface area contributed by atoms with E-state index in [2.05, 4.69) is 0 Å². The lowest BCUT2D eigenvalue weighted by atomic mass is 10.1. The number of nitriles is 1. The van der Waals surface area contributed by atoms with E-state index in [-0.39, 0.29) is 57.9 Å². The van der Waals surface area contributed by atoms with E-state index in [1.54, 1.807) is 6.07 Å². The van der Waals surface area contributed by atoms with Crippen molar-refractivity contribution < 1.29 is 27.1 Å². The molecule has 0 spiro atoms. The quantitative estimate of drug-likeness (QED) is 0.551. The minimum Gasteiger partial charge on any atom is -0.457 e. The van der Waals surface area contributed by atoms with E-state index in [0.29, 0.717) is 5.56 Å². The highest BCUT2D eigenvalue weighted by Gasteiger charge is 2.35. The summed E-state index contributed by atoms with van der Waals surface area (Å²) in [7, 11) is 0. The molecular weight excluding hydrogens is 358 g/mol. The highest BCUT2D eigenvalue weighted by molar-refractivity contribution is 8.00. The van der Waals surface area contributed by atoms with Gasteiger partial charge in [-0.15, -0.1) is 0 Å². The molecule has 0 aliphatic heterocycles. The van der Waals surface area contributed by atoms with Crippen molar-refractivity contribution in [2.45, 2.75) is 23.2 Å². The summed E-state index contributed by atoms with van der Waals surface area (Å²) in [6, 6.07) is 7.67. The summed E-state index contributed by atoms with van der Waals surface area (Å²) >= 11 is -0.346. The predicted molar refractivity (Wildman–Crippen MR) is 82.2 cm³/mol. The van der Waals surface area contributed by atoms with E-state index < -0.39 is 11.3 Å². The number of carbonyl (C=O) groups excluding carboxylic acids is 1. The SMILES string of the molecule is N#Cc1cc(F)cc(Oc2ccc(SC(F)(F)F)c3c2CCC3=O)c1. The van der Waals surface area contributed by atoms with Crippen LogP contribution in [-0.4, -0.2) is 11.3 Å². The highest BCUT2D eigenvalue weighted by Crippen LogP contribution is 2.44. The Morgan fingerprint density at radius 2 is 1.92 bits per heavy atom. The lowest BCUT2D eigenvalue weighted by Crippen LogP contribution is -2.04. The Morgan fingerprint density at radius 3 is 2.60 bits per heavy atom. The predicted octanol–water partition coefficient (Wildman–Crippen LogP) is 5.23. The molecule has 25 heavy (non-hydrogen) atoms. The van der Waals surface area contributed by atoms with Crippen LogP contribution in [0.15, 0.2) is 35.2 Å². The zero-order valence-corrected chi connectivity index (χ0v) is 13.3. The van der Waals surface area contributed by atoms with Crippen molar-refractivity contribution in [1.82, 2.24) is 0 Å². The number of rotatable bonds is 3. The number of nitrogens with zero attached hydrogens (tertiary/aromatic N) is 1. The smallest absolute Gasteiger partial charge is 0.446 e. The van der Waals surface area contributed by atoms with E-state index in [1.165, 1.54) is 18.2 Å². The summed E-state index contributed by atoms with van der Waals surface area (Å²) in [6.45, 7) is 0. The molecule has 0 amide bonds. The molecule has 3 nitrogen and oxygen atoms in total. The van der Waals surface area contributed by atoms with Gasteiger partial charge in [0.1, 0.15) is 17.3 Å². The number of halogens is 4. The van der Waals surface area contributed by atoms with Crippen LogP contribution in [0.2, 0.25) is 0 Å². The molecule has 0 saturated carbocycles. The van der Waals surface area contributed by atoms with Crippen molar-refractivity contribution >= 4 is 17.5 Å². The molecule has 0 atom stereocenters. The molecule has 1 aliphatic carbocycles. The molecule has 2 aromatic carbocycles. The fourth-order valence-corrected chi connectivity index (χ4v) is 3.37. The summed E-state index contributed by atoms with van der Waals surface area (Å²) in [5.74, 6) is -0.841. The Morgan fingerprint density at radius 1 is 1.16 bits per heavy atom. The number of thioether (sulfide) groups is 1. The van der Waals surface area contributed by atoms with E-state index >= 15 is 0 Å². The number of benzene rings is 2. The van der Waals surface area contributed by atoms with Crippen molar-refractivity contribution in [3.05, 3.63) is 52.8 Å². The van der Waals surface area contributed by atoms with Crippen LogP contribution in [0.5, 0.6) is 11.5 Å². The van der Waals surface area contributed by atoms with Gasteiger partial charge in [0.05, 0.1) is 11.6 Å². The Balaban J connectivity index is 2.01. The van der Waals surface area contributed by atoms with Gasteiger partial charge < -0.3 is 4.74 Å². The first-order valence-electron chi connectivity index (χ1n) is 7.10. The lowest BCUT2D eigenvalue weighted by Gasteiger charge is -2.14. The fraction of sp³-hybridized carbons (Fsp3) is 0.176. The lowest BCUT2D eigenvalue weighted by molar-refractivity contribution is -0.0328. The molecule has 0 aromatic heterocycles. The van der Waals surface area contributed by atoms with Gasteiger partial charge in [-0.3, -0.25) is 4.79 Å². The molecule has 128 valence electrons. The summed E-state index contributed by atoms with van der Waals surface area (Å²) in [5, 5.41) is 8.86. The largest absolute Gasteiger partial charge is 0.457 e. The Bertz CT molecular complexity index is 903. The monoisotopic (exact) mass is 367 g/mol. The third-order valence-electron chi connectivity index (χ3n) is 3.57. The van der Waals surface area contributed by atoms with Gasteiger partial charge in [-0.25, -0.2) is 4.39 Å². The average molecular weight is 367 g/mol. The van der Waals surface area contributed by atoms with Crippen molar-refractivity contribution in [2.75, 3.05) is 0 Å².